The average Bonchev–Trinajstić information content (AvgIpc) is 3.44. The molecule has 1 aromatic carbocycles. The summed E-state index contributed by atoms with van der Waals surface area (Å²) in [4.78, 5) is 4.44. The number of nitrogens with zero attached hydrogens (tertiary/aromatic N) is 4. The van der Waals surface area contributed by atoms with E-state index in [-0.39, 0.29) is 17.2 Å². The second-order valence-corrected chi connectivity index (χ2v) is 9.74. The quantitative estimate of drug-likeness (QED) is 0.772. The van der Waals surface area contributed by atoms with Crippen molar-refractivity contribution in [3.05, 3.63) is 52.6 Å². The summed E-state index contributed by atoms with van der Waals surface area (Å²) >= 11 is 1.49. The van der Waals surface area contributed by atoms with Crippen molar-refractivity contribution in [2.24, 2.45) is 18.5 Å². The van der Waals surface area contributed by atoms with E-state index >= 15 is 4.39 Å². The molecule has 3 aliphatic rings. The number of anilines is 2. The number of rotatable bonds is 4. The molecule has 0 spiro atoms. The van der Waals surface area contributed by atoms with Crippen LogP contribution in [0.1, 0.15) is 54.5 Å². The second kappa shape index (κ2) is 7.81. The zero-order valence-corrected chi connectivity index (χ0v) is 18.1. The summed E-state index contributed by atoms with van der Waals surface area (Å²) in [6, 6.07) is 6.03. The maximum absolute atomic E-state index is 15.4. The van der Waals surface area contributed by atoms with Crippen LogP contribution >= 0.6 is 11.8 Å². The van der Waals surface area contributed by atoms with Crippen LogP contribution in [0.3, 0.4) is 0 Å². The molecule has 6 nitrogen and oxygen atoms in total. The van der Waals surface area contributed by atoms with Gasteiger partial charge in [0.05, 0.1) is 11.2 Å². The number of nitrogens with two attached hydrogens (primary N) is 2. The molecule has 3 heterocycles. The molecule has 1 aromatic heterocycles. The third-order valence-corrected chi connectivity index (χ3v) is 7.43. The lowest BCUT2D eigenvalue weighted by Crippen LogP contribution is -2.30. The van der Waals surface area contributed by atoms with Crippen LogP contribution < -0.4 is 21.3 Å². The maximum atomic E-state index is 15.4. The highest BCUT2D eigenvalue weighted by Gasteiger charge is 2.35. The molecule has 160 valence electrons. The molecule has 1 unspecified atom stereocenters. The zero-order valence-electron chi connectivity index (χ0n) is 17.3. The lowest BCUT2D eigenvalue weighted by atomic mass is 10.1. The minimum absolute atomic E-state index is 0.0863. The van der Waals surface area contributed by atoms with Crippen LogP contribution in [0.15, 0.2) is 35.6 Å². The Bertz CT molecular complexity index is 969. The van der Waals surface area contributed by atoms with Gasteiger partial charge in [-0.2, -0.15) is 5.10 Å². The van der Waals surface area contributed by atoms with Gasteiger partial charge in [-0.3, -0.25) is 4.68 Å². The Morgan fingerprint density at radius 3 is 2.73 bits per heavy atom. The lowest BCUT2D eigenvalue weighted by molar-refractivity contribution is 0.592. The maximum Gasteiger partial charge on any atom is 0.150 e. The summed E-state index contributed by atoms with van der Waals surface area (Å²) in [7, 11) is 1.96. The normalized spacial score (nSPS) is 24.8. The van der Waals surface area contributed by atoms with E-state index in [2.05, 4.69) is 14.9 Å². The highest BCUT2D eigenvalue weighted by molar-refractivity contribution is 8.03. The van der Waals surface area contributed by atoms with E-state index < -0.39 is 0 Å². The number of benzene rings is 1. The highest BCUT2D eigenvalue weighted by Crippen LogP contribution is 2.49. The number of aromatic nitrogens is 2. The summed E-state index contributed by atoms with van der Waals surface area (Å²) in [6.07, 6.45) is 8.99. The fourth-order valence-electron chi connectivity index (χ4n) is 4.60. The van der Waals surface area contributed by atoms with Crippen LogP contribution in [0.4, 0.5) is 15.9 Å². The van der Waals surface area contributed by atoms with Gasteiger partial charge in [-0.1, -0.05) is 30.0 Å². The fourth-order valence-corrected chi connectivity index (χ4v) is 5.63. The molecule has 8 heteroatoms. The van der Waals surface area contributed by atoms with E-state index in [4.69, 9.17) is 11.5 Å². The molecular formula is C22H29FN6S. The van der Waals surface area contributed by atoms with Gasteiger partial charge >= 0.3 is 0 Å². The predicted octanol–water partition coefficient (Wildman–Crippen LogP) is 3.76. The van der Waals surface area contributed by atoms with E-state index in [0.717, 1.165) is 62.3 Å². The van der Waals surface area contributed by atoms with E-state index in [0.29, 0.717) is 16.5 Å². The van der Waals surface area contributed by atoms with Crippen molar-refractivity contribution >= 4 is 23.3 Å². The van der Waals surface area contributed by atoms with Gasteiger partial charge in [-0.05, 0) is 43.6 Å². The predicted molar refractivity (Wildman–Crippen MR) is 121 cm³/mol. The first-order valence-corrected chi connectivity index (χ1v) is 11.6. The molecular weight excluding hydrogens is 399 g/mol. The van der Waals surface area contributed by atoms with Gasteiger partial charge in [0.2, 0.25) is 0 Å². The Morgan fingerprint density at radius 1 is 1.13 bits per heavy atom. The number of hydrogen-bond donors (Lipinski definition) is 2. The molecule has 2 aliphatic heterocycles. The molecule has 0 amide bonds. The van der Waals surface area contributed by atoms with Gasteiger partial charge in [0, 0.05) is 37.9 Å². The zero-order chi connectivity index (χ0) is 20.8. The molecule has 1 saturated heterocycles. The molecule has 2 aromatic rings. The number of thioether (sulfide) groups is 1. The Kier molecular flexibility index (Phi) is 5.14. The second-order valence-electron chi connectivity index (χ2n) is 8.59. The van der Waals surface area contributed by atoms with Crippen LogP contribution in [0.5, 0.6) is 0 Å². The van der Waals surface area contributed by atoms with Crippen LogP contribution in [-0.2, 0) is 7.05 Å². The Balaban J connectivity index is 1.51. The molecule has 4 N–H and O–H groups in total. The monoisotopic (exact) mass is 428 g/mol. The summed E-state index contributed by atoms with van der Waals surface area (Å²) < 4.78 is 17.3. The molecule has 5 rings (SSSR count). The van der Waals surface area contributed by atoms with Crippen LogP contribution in [0.25, 0.3) is 0 Å². The Hall–Kier alpha value is -2.19. The minimum atomic E-state index is -0.235. The summed E-state index contributed by atoms with van der Waals surface area (Å²) in [5.74, 6) is 1.32. The molecule has 0 bridgehead atoms. The van der Waals surface area contributed by atoms with Gasteiger partial charge in [0.25, 0.3) is 0 Å². The first kappa shape index (κ1) is 19.8. The SMILES string of the molecule is Cn1ncc(N2C=C(N)S[C@@H]2c2cccc(C3CC3)c2F)c1N1CCCC(N)CC1. The number of aryl methyl sites for hydroxylation is 1. The van der Waals surface area contributed by atoms with Crippen molar-refractivity contribution in [3.63, 3.8) is 0 Å². The van der Waals surface area contributed by atoms with Gasteiger partial charge in [-0.25, -0.2) is 4.39 Å². The molecule has 1 saturated carbocycles. The number of hydrogen-bond acceptors (Lipinski definition) is 6. The largest absolute Gasteiger partial charge is 0.392 e. The van der Waals surface area contributed by atoms with Crippen molar-refractivity contribution in [3.8, 4) is 0 Å². The molecule has 2 atom stereocenters. The summed E-state index contributed by atoms with van der Waals surface area (Å²) in [5.41, 5.74) is 14.9. The van der Waals surface area contributed by atoms with E-state index in [1.54, 1.807) is 0 Å². The van der Waals surface area contributed by atoms with Gasteiger partial charge < -0.3 is 21.3 Å². The van der Waals surface area contributed by atoms with E-state index in [1.807, 2.05) is 42.3 Å². The van der Waals surface area contributed by atoms with E-state index in [1.165, 1.54) is 11.8 Å². The Labute approximate surface area is 181 Å². The summed E-state index contributed by atoms with van der Waals surface area (Å²) in [6.45, 7) is 1.83. The van der Waals surface area contributed by atoms with Crippen molar-refractivity contribution < 1.29 is 4.39 Å². The van der Waals surface area contributed by atoms with Gasteiger partial charge in [0.15, 0.2) is 5.82 Å². The van der Waals surface area contributed by atoms with E-state index in [9.17, 15) is 0 Å². The van der Waals surface area contributed by atoms with Crippen molar-refractivity contribution in [1.82, 2.24) is 9.78 Å². The lowest BCUT2D eigenvalue weighted by Gasteiger charge is -2.30. The molecule has 2 fully saturated rings. The molecule has 1 aliphatic carbocycles. The molecule has 0 radical (unpaired) electrons. The van der Waals surface area contributed by atoms with Crippen LogP contribution in [0, 0.1) is 5.82 Å². The van der Waals surface area contributed by atoms with Crippen molar-refractivity contribution in [1.29, 1.82) is 0 Å². The third kappa shape index (κ3) is 3.56. The van der Waals surface area contributed by atoms with Crippen LogP contribution in [0.2, 0.25) is 0 Å². The third-order valence-electron chi connectivity index (χ3n) is 6.35. The topological polar surface area (TPSA) is 76.3 Å². The Morgan fingerprint density at radius 2 is 1.93 bits per heavy atom. The minimum Gasteiger partial charge on any atom is -0.392 e. The first-order chi connectivity index (χ1) is 14.5. The van der Waals surface area contributed by atoms with Crippen molar-refractivity contribution in [2.75, 3.05) is 22.9 Å². The molecule has 30 heavy (non-hydrogen) atoms. The number of halogens is 1. The first-order valence-electron chi connectivity index (χ1n) is 10.8. The van der Waals surface area contributed by atoms with Gasteiger partial charge in [-0.15, -0.1) is 0 Å². The average molecular weight is 429 g/mol. The summed E-state index contributed by atoms with van der Waals surface area (Å²) in [5, 5.41) is 5.00. The highest BCUT2D eigenvalue weighted by atomic mass is 32.2. The van der Waals surface area contributed by atoms with Crippen LogP contribution in [-0.4, -0.2) is 28.9 Å². The smallest absolute Gasteiger partial charge is 0.150 e. The van der Waals surface area contributed by atoms with Crippen molar-refractivity contribution in [2.45, 2.75) is 49.4 Å². The van der Waals surface area contributed by atoms with Gasteiger partial charge in [0.1, 0.15) is 16.9 Å². The standard InChI is InChI=1S/C22H29FN6S/c1-27-21(28-10-3-4-15(24)9-11-28)18(12-26-27)29-13-19(25)30-22(29)17-6-2-5-16(20(17)23)14-7-8-14/h2,5-6,12-15,22H,3-4,7-11,24-25H2,1H3/t15?,22-/m1/s1. The fraction of sp³-hybridized carbons (Fsp3) is 0.500.